The molecule has 80 valence electrons. The van der Waals surface area contributed by atoms with E-state index in [1.807, 2.05) is 0 Å². The number of halogens is 1. The van der Waals surface area contributed by atoms with Crippen LogP contribution in [0.2, 0.25) is 0 Å². The molecule has 3 nitrogen and oxygen atoms in total. The summed E-state index contributed by atoms with van der Waals surface area (Å²) in [6.45, 7) is 0.960. The Morgan fingerprint density at radius 1 is 1.71 bits per heavy atom. The zero-order valence-electron chi connectivity index (χ0n) is 8.38. The van der Waals surface area contributed by atoms with E-state index in [2.05, 4.69) is 5.32 Å². The highest BCUT2D eigenvalue weighted by molar-refractivity contribution is 6.17. The van der Waals surface area contributed by atoms with Crippen molar-refractivity contribution < 1.29 is 9.53 Å². The molecule has 1 N–H and O–H groups in total. The molecule has 0 aromatic heterocycles. The number of methoxy groups -OCH3 is 1. The largest absolute Gasteiger partial charge is 0.468 e. The summed E-state index contributed by atoms with van der Waals surface area (Å²) in [7, 11) is 1.46. The topological polar surface area (TPSA) is 38.3 Å². The van der Waals surface area contributed by atoms with Gasteiger partial charge in [0.25, 0.3) is 0 Å². The van der Waals surface area contributed by atoms with Gasteiger partial charge < -0.3 is 10.1 Å². The first-order chi connectivity index (χ1) is 6.74. The fourth-order valence-electron chi connectivity index (χ4n) is 2.65. The van der Waals surface area contributed by atoms with E-state index in [1.54, 1.807) is 0 Å². The molecule has 1 heterocycles. The maximum absolute atomic E-state index is 11.8. The van der Waals surface area contributed by atoms with Gasteiger partial charge in [-0.25, -0.2) is 0 Å². The lowest BCUT2D eigenvalue weighted by molar-refractivity contribution is -0.149. The predicted molar refractivity (Wildman–Crippen MR) is 54.3 cm³/mol. The number of nitrogens with one attached hydrogen (secondary N) is 1. The summed E-state index contributed by atoms with van der Waals surface area (Å²) in [5.74, 6) is 1.70. The minimum atomic E-state index is -0.408. The average Bonchev–Trinajstić information content (AvgIpc) is 2.92. The van der Waals surface area contributed by atoms with Gasteiger partial charge in [0.15, 0.2) is 0 Å². The molecule has 0 spiro atoms. The number of hydrogen-bond donors (Lipinski definition) is 1. The van der Waals surface area contributed by atoms with Crippen molar-refractivity contribution in [2.75, 3.05) is 19.5 Å². The highest BCUT2D eigenvalue weighted by atomic mass is 35.5. The Balaban J connectivity index is 2.08. The van der Waals surface area contributed by atoms with Crippen LogP contribution in [0.4, 0.5) is 0 Å². The molecule has 1 unspecified atom stereocenters. The van der Waals surface area contributed by atoms with E-state index in [9.17, 15) is 4.79 Å². The van der Waals surface area contributed by atoms with E-state index in [0.717, 1.165) is 19.4 Å². The van der Waals surface area contributed by atoms with Crippen molar-refractivity contribution in [3.63, 3.8) is 0 Å². The van der Waals surface area contributed by atoms with Crippen molar-refractivity contribution in [2.45, 2.75) is 24.8 Å². The average molecular weight is 218 g/mol. The van der Waals surface area contributed by atoms with Crippen molar-refractivity contribution >= 4 is 17.6 Å². The van der Waals surface area contributed by atoms with E-state index in [-0.39, 0.29) is 5.97 Å². The van der Waals surface area contributed by atoms with E-state index in [0.29, 0.717) is 17.7 Å². The van der Waals surface area contributed by atoms with Crippen LogP contribution in [0.15, 0.2) is 0 Å². The summed E-state index contributed by atoms with van der Waals surface area (Å²) in [5.41, 5.74) is -0.408. The number of hydrogen-bond acceptors (Lipinski definition) is 3. The number of esters is 1. The Labute approximate surface area is 89.1 Å². The zero-order valence-corrected chi connectivity index (χ0v) is 9.14. The molecule has 1 saturated carbocycles. The van der Waals surface area contributed by atoms with Crippen LogP contribution in [0.3, 0.4) is 0 Å². The van der Waals surface area contributed by atoms with Gasteiger partial charge in [-0.15, -0.1) is 11.6 Å². The Kier molecular flexibility index (Phi) is 2.71. The molecule has 1 aliphatic heterocycles. The third-order valence-electron chi connectivity index (χ3n) is 3.49. The third-order valence-corrected chi connectivity index (χ3v) is 3.76. The van der Waals surface area contributed by atoms with Crippen LogP contribution in [-0.4, -0.2) is 31.0 Å². The van der Waals surface area contributed by atoms with Crippen molar-refractivity contribution in [3.8, 4) is 0 Å². The standard InChI is InChI=1S/C10H16ClNO2/c1-14-9(13)10(3-2-4-11)8-5-7(8)6-12-10/h7-8,12H,2-6H2,1H3/t7-,8-,10?/m1/s1. The summed E-state index contributed by atoms with van der Waals surface area (Å²) < 4.78 is 4.89. The first kappa shape index (κ1) is 10.2. The lowest BCUT2D eigenvalue weighted by Crippen LogP contribution is -2.51. The molecule has 2 aliphatic rings. The Hall–Kier alpha value is -0.280. The quantitative estimate of drug-likeness (QED) is 0.567. The van der Waals surface area contributed by atoms with Crippen LogP contribution in [0.25, 0.3) is 0 Å². The fourth-order valence-corrected chi connectivity index (χ4v) is 2.78. The highest BCUT2D eigenvalue weighted by Gasteiger charge is 2.61. The van der Waals surface area contributed by atoms with E-state index >= 15 is 0 Å². The van der Waals surface area contributed by atoms with Gasteiger partial charge in [-0.3, -0.25) is 4.79 Å². The van der Waals surface area contributed by atoms with Gasteiger partial charge in [0, 0.05) is 5.88 Å². The summed E-state index contributed by atoms with van der Waals surface area (Å²) in [4.78, 5) is 11.8. The van der Waals surface area contributed by atoms with Crippen LogP contribution in [0.1, 0.15) is 19.3 Å². The van der Waals surface area contributed by atoms with Crippen LogP contribution in [0, 0.1) is 11.8 Å². The number of carbonyl (C=O) groups excluding carboxylic acids is 1. The molecule has 0 aromatic carbocycles. The van der Waals surface area contributed by atoms with Gasteiger partial charge in [0.1, 0.15) is 5.54 Å². The van der Waals surface area contributed by atoms with Gasteiger partial charge in [0.2, 0.25) is 0 Å². The highest BCUT2D eigenvalue weighted by Crippen LogP contribution is 2.53. The lowest BCUT2D eigenvalue weighted by atomic mass is 9.89. The normalized spacial score (nSPS) is 39.3. The monoisotopic (exact) mass is 217 g/mol. The SMILES string of the molecule is COC(=O)C1(CCCCl)NC[C@H]2C[C@H]21. The number of rotatable bonds is 4. The van der Waals surface area contributed by atoms with Crippen molar-refractivity contribution in [1.29, 1.82) is 0 Å². The molecule has 0 aromatic rings. The number of piperidine rings is 1. The summed E-state index contributed by atoms with van der Waals surface area (Å²) >= 11 is 5.67. The molecular formula is C10H16ClNO2. The van der Waals surface area contributed by atoms with Gasteiger partial charge in [-0.05, 0) is 37.6 Å². The Morgan fingerprint density at radius 2 is 2.50 bits per heavy atom. The Bertz CT molecular complexity index is 246. The van der Waals surface area contributed by atoms with Crippen LogP contribution in [0.5, 0.6) is 0 Å². The van der Waals surface area contributed by atoms with Gasteiger partial charge >= 0.3 is 5.97 Å². The molecule has 2 fully saturated rings. The third kappa shape index (κ3) is 1.43. The molecule has 1 saturated heterocycles. The van der Waals surface area contributed by atoms with E-state index in [1.165, 1.54) is 13.5 Å². The number of ether oxygens (including phenoxy) is 1. The second-order valence-electron chi connectivity index (χ2n) is 4.24. The van der Waals surface area contributed by atoms with Gasteiger partial charge in [-0.1, -0.05) is 0 Å². The summed E-state index contributed by atoms with van der Waals surface area (Å²) in [6, 6.07) is 0. The zero-order chi connectivity index (χ0) is 10.2. The summed E-state index contributed by atoms with van der Waals surface area (Å²) in [5, 5.41) is 3.32. The summed E-state index contributed by atoms with van der Waals surface area (Å²) in [6.07, 6.45) is 2.85. The molecule has 4 heteroatoms. The molecule has 14 heavy (non-hydrogen) atoms. The van der Waals surface area contributed by atoms with Gasteiger partial charge in [-0.2, -0.15) is 0 Å². The molecule has 0 bridgehead atoms. The minimum Gasteiger partial charge on any atom is -0.468 e. The fraction of sp³-hybridized carbons (Fsp3) is 0.900. The number of alkyl halides is 1. The van der Waals surface area contributed by atoms with Crippen molar-refractivity contribution in [2.24, 2.45) is 11.8 Å². The predicted octanol–water partition coefficient (Wildman–Crippen LogP) is 1.16. The molecule has 3 atom stereocenters. The number of fused-ring (bicyclic) bond motifs is 1. The first-order valence-corrected chi connectivity index (χ1v) is 5.67. The van der Waals surface area contributed by atoms with Crippen LogP contribution in [-0.2, 0) is 9.53 Å². The Morgan fingerprint density at radius 3 is 2.93 bits per heavy atom. The lowest BCUT2D eigenvalue weighted by Gasteiger charge is -2.28. The minimum absolute atomic E-state index is 0.104. The molecule has 0 radical (unpaired) electrons. The molecule has 0 amide bonds. The maximum atomic E-state index is 11.8. The number of carbonyl (C=O) groups is 1. The van der Waals surface area contributed by atoms with Gasteiger partial charge in [0.05, 0.1) is 7.11 Å². The molecule has 2 rings (SSSR count). The van der Waals surface area contributed by atoms with E-state index < -0.39 is 5.54 Å². The van der Waals surface area contributed by atoms with Crippen LogP contribution < -0.4 is 5.32 Å². The smallest absolute Gasteiger partial charge is 0.326 e. The second kappa shape index (κ2) is 3.70. The van der Waals surface area contributed by atoms with Crippen LogP contribution >= 0.6 is 11.6 Å². The molecule has 1 aliphatic carbocycles. The van der Waals surface area contributed by atoms with E-state index in [4.69, 9.17) is 16.3 Å². The van der Waals surface area contributed by atoms with Crippen molar-refractivity contribution in [3.05, 3.63) is 0 Å². The first-order valence-electron chi connectivity index (χ1n) is 5.14. The van der Waals surface area contributed by atoms with Crippen molar-refractivity contribution in [1.82, 2.24) is 5.32 Å². The maximum Gasteiger partial charge on any atom is 0.326 e. The molecular weight excluding hydrogens is 202 g/mol. The second-order valence-corrected chi connectivity index (χ2v) is 4.62.